The highest BCUT2D eigenvalue weighted by atomic mass is 32.2. The number of carboxylic acid groups (broad SMARTS) is 1. The van der Waals surface area contributed by atoms with Crippen molar-refractivity contribution in [2.24, 2.45) is 0 Å². The standard InChI is InChI=1S/C29H31N3O3S2/c1-21-24-20-23(12-13-27(24)35-28(21)29(33)34)37-32(15-14-22-8-4-3-5-9-22)26-11-7-6-10-25(26)30-16-18-31(36-2)19-17-30/h3-13,20H,14-19H2,1-2H3,(H,33,34). The molecular weight excluding hydrogens is 502 g/mol. The molecule has 8 heteroatoms. The smallest absolute Gasteiger partial charge is 0.372 e. The second-order valence-electron chi connectivity index (χ2n) is 9.04. The Hall–Kier alpha value is -3.07. The van der Waals surface area contributed by atoms with E-state index in [2.05, 4.69) is 68.3 Å². The van der Waals surface area contributed by atoms with Crippen LogP contribution < -0.4 is 9.21 Å². The molecule has 1 aliphatic heterocycles. The van der Waals surface area contributed by atoms with Gasteiger partial charge in [-0.2, -0.15) is 0 Å². The molecule has 37 heavy (non-hydrogen) atoms. The predicted molar refractivity (Wildman–Crippen MR) is 155 cm³/mol. The van der Waals surface area contributed by atoms with E-state index in [9.17, 15) is 9.90 Å². The summed E-state index contributed by atoms with van der Waals surface area (Å²) in [4.78, 5) is 15.1. The van der Waals surface area contributed by atoms with E-state index in [-0.39, 0.29) is 5.76 Å². The van der Waals surface area contributed by atoms with E-state index < -0.39 is 5.97 Å². The molecule has 0 saturated carbocycles. The zero-order chi connectivity index (χ0) is 25.8. The van der Waals surface area contributed by atoms with Crippen LogP contribution in [0.25, 0.3) is 11.0 Å². The van der Waals surface area contributed by atoms with Crippen molar-refractivity contribution in [2.45, 2.75) is 18.2 Å². The lowest BCUT2D eigenvalue weighted by Gasteiger charge is -2.37. The largest absolute Gasteiger partial charge is 0.475 e. The van der Waals surface area contributed by atoms with Gasteiger partial charge in [0.25, 0.3) is 0 Å². The van der Waals surface area contributed by atoms with Gasteiger partial charge in [0.05, 0.1) is 11.4 Å². The van der Waals surface area contributed by atoms with Crippen LogP contribution in [0.1, 0.15) is 21.7 Å². The average Bonchev–Trinajstić information content (AvgIpc) is 3.27. The highest BCUT2D eigenvalue weighted by Crippen LogP contribution is 2.38. The molecule has 0 bridgehead atoms. The van der Waals surface area contributed by atoms with Gasteiger partial charge in [0.15, 0.2) is 0 Å². The SMILES string of the molecule is CSN1CCN(c2ccccc2N(CCc2ccccc2)Sc2ccc3oc(C(=O)O)c(C)c3c2)CC1. The number of carbonyl (C=O) groups is 1. The van der Waals surface area contributed by atoms with Crippen molar-refractivity contribution in [3.8, 4) is 0 Å². The fourth-order valence-corrected chi connectivity index (χ4v) is 6.25. The molecule has 192 valence electrons. The third kappa shape index (κ3) is 5.76. The molecule has 0 unspecified atom stereocenters. The van der Waals surface area contributed by atoms with Gasteiger partial charge in [0.2, 0.25) is 5.76 Å². The molecule has 4 aromatic rings. The van der Waals surface area contributed by atoms with Gasteiger partial charge in [-0.3, -0.25) is 0 Å². The van der Waals surface area contributed by atoms with Crippen LogP contribution in [0, 0.1) is 6.92 Å². The summed E-state index contributed by atoms with van der Waals surface area (Å²) in [6.07, 6.45) is 3.06. The summed E-state index contributed by atoms with van der Waals surface area (Å²) in [5.41, 5.74) is 5.00. The highest BCUT2D eigenvalue weighted by molar-refractivity contribution is 8.00. The number of para-hydroxylation sites is 2. The van der Waals surface area contributed by atoms with E-state index >= 15 is 0 Å². The number of piperazine rings is 1. The van der Waals surface area contributed by atoms with Crippen LogP contribution in [0.2, 0.25) is 0 Å². The van der Waals surface area contributed by atoms with E-state index in [1.54, 1.807) is 18.9 Å². The maximum absolute atomic E-state index is 11.6. The predicted octanol–water partition coefficient (Wildman–Crippen LogP) is 6.60. The van der Waals surface area contributed by atoms with E-state index in [4.69, 9.17) is 4.42 Å². The van der Waals surface area contributed by atoms with Gasteiger partial charge < -0.3 is 18.7 Å². The number of aryl methyl sites for hydroxylation is 1. The van der Waals surface area contributed by atoms with E-state index in [1.165, 1.54) is 16.9 Å². The molecule has 6 nitrogen and oxygen atoms in total. The number of benzene rings is 3. The highest BCUT2D eigenvalue weighted by Gasteiger charge is 2.22. The quantitative estimate of drug-likeness (QED) is 0.242. The normalized spacial score (nSPS) is 14.3. The Morgan fingerprint density at radius 1 is 1.00 bits per heavy atom. The summed E-state index contributed by atoms with van der Waals surface area (Å²) < 4.78 is 10.4. The lowest BCUT2D eigenvalue weighted by Crippen LogP contribution is -2.43. The Morgan fingerprint density at radius 2 is 1.73 bits per heavy atom. The maximum atomic E-state index is 11.6. The van der Waals surface area contributed by atoms with Crippen LogP contribution in [0.15, 0.2) is 82.1 Å². The first-order valence-electron chi connectivity index (χ1n) is 12.4. The van der Waals surface area contributed by atoms with E-state index in [1.807, 2.05) is 36.2 Å². The summed E-state index contributed by atoms with van der Waals surface area (Å²) >= 11 is 3.50. The van der Waals surface area contributed by atoms with Crippen molar-refractivity contribution in [1.29, 1.82) is 0 Å². The van der Waals surface area contributed by atoms with E-state index in [0.29, 0.717) is 11.1 Å². The molecular formula is C29H31N3O3S2. The Kier molecular flexibility index (Phi) is 7.98. The second-order valence-corrected chi connectivity index (χ2v) is 11.0. The fraction of sp³-hybridized carbons (Fsp3) is 0.276. The number of hydrogen-bond donors (Lipinski definition) is 1. The number of nitrogens with zero attached hydrogens (tertiary/aromatic N) is 3. The van der Waals surface area contributed by atoms with Gasteiger partial charge in [0.1, 0.15) is 5.58 Å². The molecule has 0 radical (unpaired) electrons. The number of anilines is 2. The van der Waals surface area contributed by atoms with Crippen LogP contribution in [0.3, 0.4) is 0 Å². The summed E-state index contributed by atoms with van der Waals surface area (Å²) in [7, 11) is 0. The first-order valence-corrected chi connectivity index (χ1v) is 14.4. The molecule has 5 rings (SSSR count). The first kappa shape index (κ1) is 25.6. The Bertz CT molecular complexity index is 1370. The van der Waals surface area contributed by atoms with Crippen molar-refractivity contribution in [2.75, 3.05) is 48.2 Å². The lowest BCUT2D eigenvalue weighted by atomic mass is 10.1. The van der Waals surface area contributed by atoms with Crippen LogP contribution in [-0.2, 0) is 6.42 Å². The molecule has 2 heterocycles. The first-order chi connectivity index (χ1) is 18.0. The van der Waals surface area contributed by atoms with Crippen molar-refractivity contribution in [1.82, 2.24) is 4.31 Å². The van der Waals surface area contributed by atoms with Gasteiger partial charge in [-0.1, -0.05) is 54.4 Å². The Balaban J connectivity index is 1.46. The van der Waals surface area contributed by atoms with Gasteiger partial charge in [0, 0.05) is 48.6 Å². The summed E-state index contributed by atoms with van der Waals surface area (Å²) in [6.45, 7) is 6.70. The number of fused-ring (bicyclic) bond motifs is 1. The third-order valence-corrected chi connectivity index (χ3v) is 8.70. The number of aromatic carboxylic acids is 1. The van der Waals surface area contributed by atoms with Crippen molar-refractivity contribution in [3.05, 3.63) is 89.7 Å². The number of rotatable bonds is 9. The Labute approximate surface area is 226 Å². The maximum Gasteiger partial charge on any atom is 0.372 e. The molecule has 3 aromatic carbocycles. The number of carboxylic acids is 1. The molecule has 1 fully saturated rings. The zero-order valence-electron chi connectivity index (χ0n) is 21.1. The van der Waals surface area contributed by atoms with Crippen LogP contribution in [0.4, 0.5) is 11.4 Å². The van der Waals surface area contributed by atoms with Gasteiger partial charge in [-0.25, -0.2) is 9.10 Å². The number of furan rings is 1. The van der Waals surface area contributed by atoms with Crippen LogP contribution in [0.5, 0.6) is 0 Å². The number of hydrogen-bond acceptors (Lipinski definition) is 7. The molecule has 0 spiro atoms. The average molecular weight is 534 g/mol. The molecule has 0 aliphatic carbocycles. The lowest BCUT2D eigenvalue weighted by molar-refractivity contribution is 0.0664. The Morgan fingerprint density at radius 3 is 2.46 bits per heavy atom. The molecule has 0 atom stereocenters. The third-order valence-electron chi connectivity index (χ3n) is 6.75. The van der Waals surface area contributed by atoms with Crippen LogP contribution in [-0.4, -0.2) is 54.4 Å². The summed E-state index contributed by atoms with van der Waals surface area (Å²) in [5.74, 6) is -1.03. The molecule has 0 amide bonds. The fourth-order valence-electron chi connectivity index (χ4n) is 4.73. The molecule has 1 aliphatic rings. The molecule has 1 aromatic heterocycles. The minimum atomic E-state index is -1.04. The van der Waals surface area contributed by atoms with Gasteiger partial charge in [-0.05, 0) is 67.4 Å². The molecule has 1 saturated heterocycles. The zero-order valence-corrected chi connectivity index (χ0v) is 22.7. The minimum absolute atomic E-state index is 0.00724. The van der Waals surface area contributed by atoms with Gasteiger partial charge in [-0.15, -0.1) is 0 Å². The monoisotopic (exact) mass is 533 g/mol. The topological polar surface area (TPSA) is 60.2 Å². The van der Waals surface area contributed by atoms with E-state index in [0.717, 1.165) is 49.4 Å². The van der Waals surface area contributed by atoms with Gasteiger partial charge >= 0.3 is 5.97 Å². The van der Waals surface area contributed by atoms with Crippen molar-refractivity contribution >= 4 is 52.2 Å². The molecule has 1 N–H and O–H groups in total. The summed E-state index contributed by atoms with van der Waals surface area (Å²) in [6, 6.07) is 25.1. The second kappa shape index (κ2) is 11.5. The van der Waals surface area contributed by atoms with Crippen molar-refractivity contribution < 1.29 is 14.3 Å². The van der Waals surface area contributed by atoms with Crippen LogP contribution >= 0.6 is 23.9 Å². The van der Waals surface area contributed by atoms with Crippen molar-refractivity contribution in [3.63, 3.8) is 0 Å². The summed E-state index contributed by atoms with van der Waals surface area (Å²) in [5, 5.41) is 10.3. The minimum Gasteiger partial charge on any atom is -0.475 e.